The van der Waals surface area contributed by atoms with Crippen molar-refractivity contribution in [2.75, 3.05) is 0 Å². The number of ether oxygens (including phenoxy) is 1. The molecule has 0 unspecified atom stereocenters. The van der Waals surface area contributed by atoms with Gasteiger partial charge in [0.15, 0.2) is 5.82 Å². The van der Waals surface area contributed by atoms with Crippen LogP contribution in [0, 0.1) is 0 Å². The largest absolute Gasteiger partial charge is 0.486 e. The second-order valence-corrected chi connectivity index (χ2v) is 3.44. The van der Waals surface area contributed by atoms with Crippen molar-refractivity contribution in [3.63, 3.8) is 0 Å². The highest BCUT2D eigenvalue weighted by molar-refractivity contribution is 5.27. The van der Waals surface area contributed by atoms with Crippen molar-refractivity contribution in [2.45, 2.75) is 13.2 Å². The summed E-state index contributed by atoms with van der Waals surface area (Å²) in [5, 5.41) is 3.97. The predicted octanol–water partition coefficient (Wildman–Crippen LogP) is 0.853. The first-order valence-electron chi connectivity index (χ1n) is 5.04. The van der Waals surface area contributed by atoms with Crippen LogP contribution in [-0.2, 0) is 20.2 Å². The van der Waals surface area contributed by atoms with Crippen LogP contribution in [0.2, 0.25) is 0 Å². The molecule has 1 heterocycles. The first-order chi connectivity index (χ1) is 7.79. The van der Waals surface area contributed by atoms with Crippen LogP contribution in [0.3, 0.4) is 0 Å². The van der Waals surface area contributed by atoms with Crippen molar-refractivity contribution in [2.24, 2.45) is 12.8 Å². The molecule has 0 aliphatic heterocycles. The van der Waals surface area contributed by atoms with Crippen LogP contribution in [0.25, 0.3) is 0 Å². The van der Waals surface area contributed by atoms with Gasteiger partial charge in [-0.2, -0.15) is 5.10 Å². The Morgan fingerprint density at radius 3 is 2.62 bits per heavy atom. The first kappa shape index (κ1) is 10.6. The number of hydrogen-bond acceptors (Lipinski definition) is 4. The quantitative estimate of drug-likeness (QED) is 0.826. The summed E-state index contributed by atoms with van der Waals surface area (Å²) in [7, 11) is 1.84. The second-order valence-electron chi connectivity index (χ2n) is 3.44. The molecule has 2 aromatic rings. The Hall–Kier alpha value is -1.88. The molecular weight excluding hydrogens is 204 g/mol. The van der Waals surface area contributed by atoms with Crippen molar-refractivity contribution in [1.29, 1.82) is 0 Å². The summed E-state index contributed by atoms with van der Waals surface area (Å²) in [6.45, 7) is 0.960. The number of rotatable bonds is 4. The van der Waals surface area contributed by atoms with Crippen molar-refractivity contribution in [3.8, 4) is 5.75 Å². The Morgan fingerprint density at radius 1 is 1.31 bits per heavy atom. The van der Waals surface area contributed by atoms with Crippen molar-refractivity contribution < 1.29 is 4.74 Å². The van der Waals surface area contributed by atoms with Gasteiger partial charge >= 0.3 is 0 Å². The zero-order valence-electron chi connectivity index (χ0n) is 9.13. The molecule has 16 heavy (non-hydrogen) atoms. The Balaban J connectivity index is 1.97. The smallest absolute Gasteiger partial charge is 0.164 e. The van der Waals surface area contributed by atoms with E-state index in [1.807, 2.05) is 31.3 Å². The van der Waals surface area contributed by atoms with Gasteiger partial charge in [-0.05, 0) is 17.7 Å². The van der Waals surface area contributed by atoms with Crippen molar-refractivity contribution in [1.82, 2.24) is 14.8 Å². The Morgan fingerprint density at radius 2 is 2.06 bits per heavy atom. The molecule has 0 bridgehead atoms. The minimum atomic E-state index is 0.415. The van der Waals surface area contributed by atoms with Gasteiger partial charge in [0.2, 0.25) is 0 Å². The fraction of sp³-hybridized carbons (Fsp3) is 0.273. The molecule has 0 atom stereocenters. The molecule has 0 aliphatic rings. The van der Waals surface area contributed by atoms with Gasteiger partial charge in [-0.3, -0.25) is 4.68 Å². The van der Waals surface area contributed by atoms with E-state index in [1.54, 1.807) is 4.68 Å². The third-order valence-electron chi connectivity index (χ3n) is 2.33. The molecule has 0 radical (unpaired) electrons. The highest BCUT2D eigenvalue weighted by atomic mass is 16.5. The van der Waals surface area contributed by atoms with Gasteiger partial charge in [-0.25, -0.2) is 4.98 Å². The lowest BCUT2D eigenvalue weighted by molar-refractivity contribution is 0.289. The van der Waals surface area contributed by atoms with Crippen LogP contribution < -0.4 is 10.5 Å². The van der Waals surface area contributed by atoms with Gasteiger partial charge in [0.1, 0.15) is 18.7 Å². The molecule has 2 rings (SSSR count). The summed E-state index contributed by atoms with van der Waals surface area (Å²) >= 11 is 0. The van der Waals surface area contributed by atoms with Crippen LogP contribution in [-0.4, -0.2) is 14.8 Å². The van der Waals surface area contributed by atoms with Gasteiger partial charge in [-0.15, -0.1) is 0 Å². The molecule has 0 saturated heterocycles. The van der Waals surface area contributed by atoms with Gasteiger partial charge in [0.25, 0.3) is 0 Å². The van der Waals surface area contributed by atoms with Gasteiger partial charge in [-0.1, -0.05) is 12.1 Å². The third kappa shape index (κ3) is 2.38. The van der Waals surface area contributed by atoms with Gasteiger partial charge in [0.05, 0.1) is 0 Å². The number of nitrogens with two attached hydrogens (primary N) is 1. The summed E-state index contributed by atoms with van der Waals surface area (Å²) in [4.78, 5) is 4.07. The Bertz CT molecular complexity index is 449. The topological polar surface area (TPSA) is 66.0 Å². The maximum atomic E-state index is 5.57. The molecule has 1 aromatic heterocycles. The molecule has 5 nitrogen and oxygen atoms in total. The van der Waals surface area contributed by atoms with E-state index in [0.29, 0.717) is 13.2 Å². The van der Waals surface area contributed by atoms with Gasteiger partial charge < -0.3 is 10.5 Å². The molecule has 84 valence electrons. The lowest BCUT2D eigenvalue weighted by Gasteiger charge is -2.05. The fourth-order valence-corrected chi connectivity index (χ4v) is 1.32. The van der Waals surface area contributed by atoms with E-state index >= 15 is 0 Å². The minimum absolute atomic E-state index is 0.415. The standard InChI is InChI=1S/C11H14N4O/c1-15-11(13-8-14-15)7-16-10-4-2-9(6-12)3-5-10/h2-5,8H,6-7,12H2,1H3. The highest BCUT2D eigenvalue weighted by Gasteiger charge is 2.01. The average Bonchev–Trinajstić information content (AvgIpc) is 2.73. The summed E-state index contributed by atoms with van der Waals surface area (Å²) in [6.07, 6.45) is 1.51. The second kappa shape index (κ2) is 4.76. The normalized spacial score (nSPS) is 10.4. The molecule has 1 aromatic carbocycles. The van der Waals surface area contributed by atoms with E-state index < -0.39 is 0 Å². The zero-order valence-corrected chi connectivity index (χ0v) is 9.13. The van der Waals surface area contributed by atoms with E-state index in [4.69, 9.17) is 10.5 Å². The fourth-order valence-electron chi connectivity index (χ4n) is 1.32. The van der Waals surface area contributed by atoms with Crippen molar-refractivity contribution in [3.05, 3.63) is 42.0 Å². The number of benzene rings is 1. The molecule has 0 spiro atoms. The summed E-state index contributed by atoms with van der Waals surface area (Å²) in [5.41, 5.74) is 6.60. The number of nitrogens with zero attached hydrogens (tertiary/aromatic N) is 3. The van der Waals surface area contributed by atoms with E-state index in [0.717, 1.165) is 17.1 Å². The Labute approximate surface area is 93.9 Å². The van der Waals surface area contributed by atoms with Crippen LogP contribution in [0.1, 0.15) is 11.4 Å². The van der Waals surface area contributed by atoms with Crippen molar-refractivity contribution >= 4 is 0 Å². The van der Waals surface area contributed by atoms with E-state index in [2.05, 4.69) is 10.1 Å². The molecule has 0 aliphatic carbocycles. The van der Waals surface area contributed by atoms with E-state index in [9.17, 15) is 0 Å². The SMILES string of the molecule is Cn1ncnc1COc1ccc(CN)cc1. The number of hydrogen-bond donors (Lipinski definition) is 1. The summed E-state index contributed by atoms with van der Waals surface area (Å²) in [6, 6.07) is 7.70. The monoisotopic (exact) mass is 218 g/mol. The lowest BCUT2D eigenvalue weighted by Crippen LogP contribution is -2.04. The molecular formula is C11H14N4O. The van der Waals surface area contributed by atoms with E-state index in [1.165, 1.54) is 6.33 Å². The highest BCUT2D eigenvalue weighted by Crippen LogP contribution is 2.13. The van der Waals surface area contributed by atoms with Crippen LogP contribution in [0.4, 0.5) is 0 Å². The number of aromatic nitrogens is 3. The maximum absolute atomic E-state index is 5.57. The molecule has 0 fully saturated rings. The Kier molecular flexibility index (Phi) is 3.16. The first-order valence-corrected chi connectivity index (χ1v) is 5.04. The molecule has 0 amide bonds. The van der Waals surface area contributed by atoms with Crippen LogP contribution in [0.5, 0.6) is 5.75 Å². The summed E-state index contributed by atoms with van der Waals surface area (Å²) < 4.78 is 7.26. The lowest BCUT2D eigenvalue weighted by atomic mass is 10.2. The average molecular weight is 218 g/mol. The number of aryl methyl sites for hydroxylation is 1. The molecule has 5 heteroatoms. The summed E-state index contributed by atoms with van der Waals surface area (Å²) in [5.74, 6) is 1.60. The predicted molar refractivity (Wildman–Crippen MR) is 59.7 cm³/mol. The molecule has 2 N–H and O–H groups in total. The van der Waals surface area contributed by atoms with Crippen LogP contribution >= 0.6 is 0 Å². The minimum Gasteiger partial charge on any atom is -0.486 e. The molecule has 0 saturated carbocycles. The zero-order chi connectivity index (χ0) is 11.4. The van der Waals surface area contributed by atoms with Gasteiger partial charge in [0, 0.05) is 13.6 Å². The third-order valence-corrected chi connectivity index (χ3v) is 2.33. The van der Waals surface area contributed by atoms with E-state index in [-0.39, 0.29) is 0 Å². The van der Waals surface area contributed by atoms with Crippen LogP contribution in [0.15, 0.2) is 30.6 Å². The maximum Gasteiger partial charge on any atom is 0.164 e.